The molecular weight excluding hydrogens is 300 g/mol. The van der Waals surface area contributed by atoms with E-state index in [2.05, 4.69) is 23.3 Å². The van der Waals surface area contributed by atoms with Crippen molar-refractivity contribution in [1.29, 1.82) is 0 Å². The summed E-state index contributed by atoms with van der Waals surface area (Å²) in [4.78, 5) is 4.27. The van der Waals surface area contributed by atoms with Crippen LogP contribution >= 0.6 is 0 Å². The summed E-state index contributed by atoms with van der Waals surface area (Å²) in [6.07, 6.45) is 6.58. The van der Waals surface area contributed by atoms with Gasteiger partial charge in [0, 0.05) is 12.7 Å². The summed E-state index contributed by atoms with van der Waals surface area (Å²) >= 11 is 0. The smallest absolute Gasteiger partial charge is 0.161 e. The van der Waals surface area contributed by atoms with Crippen LogP contribution in [0.15, 0.2) is 42.6 Å². The number of hydrogen-bond donors (Lipinski definition) is 1. The highest BCUT2D eigenvalue weighted by Gasteiger charge is 2.07. The lowest BCUT2D eigenvalue weighted by atomic mass is 10.2. The van der Waals surface area contributed by atoms with Gasteiger partial charge in [0.15, 0.2) is 11.5 Å². The molecule has 0 radical (unpaired) electrons. The largest absolute Gasteiger partial charge is 0.490 e. The minimum atomic E-state index is 0.628. The molecule has 0 aliphatic heterocycles. The fourth-order valence-electron chi connectivity index (χ4n) is 2.42. The Balaban J connectivity index is 1.92. The third kappa shape index (κ3) is 6.11. The minimum Gasteiger partial charge on any atom is -0.490 e. The topological polar surface area (TPSA) is 43.4 Å². The van der Waals surface area contributed by atoms with Gasteiger partial charge in [-0.25, -0.2) is 4.98 Å². The molecule has 0 amide bonds. The first-order chi connectivity index (χ1) is 11.8. The number of rotatable bonds is 11. The van der Waals surface area contributed by atoms with Crippen molar-refractivity contribution in [3.63, 3.8) is 0 Å². The van der Waals surface area contributed by atoms with E-state index in [9.17, 15) is 0 Å². The molecule has 0 fully saturated rings. The van der Waals surface area contributed by atoms with E-state index in [0.29, 0.717) is 13.2 Å². The molecule has 4 nitrogen and oxygen atoms in total. The zero-order chi connectivity index (χ0) is 17.0. The van der Waals surface area contributed by atoms with Crippen LogP contribution in [0, 0.1) is 0 Å². The fourth-order valence-corrected chi connectivity index (χ4v) is 2.42. The Labute approximate surface area is 145 Å². The summed E-state index contributed by atoms with van der Waals surface area (Å²) in [6, 6.07) is 11.9. The van der Waals surface area contributed by atoms with Crippen LogP contribution in [0.4, 0.5) is 5.82 Å². The lowest BCUT2D eigenvalue weighted by Crippen LogP contribution is -2.04. The fraction of sp³-hybridized carbons (Fsp3) is 0.450. The molecule has 4 heteroatoms. The molecule has 130 valence electrons. The van der Waals surface area contributed by atoms with E-state index in [1.807, 2.05) is 37.3 Å². The van der Waals surface area contributed by atoms with E-state index < -0.39 is 0 Å². The van der Waals surface area contributed by atoms with Crippen LogP contribution in [0.3, 0.4) is 0 Å². The van der Waals surface area contributed by atoms with Crippen molar-refractivity contribution in [3.8, 4) is 11.5 Å². The first-order valence-corrected chi connectivity index (χ1v) is 8.87. The molecule has 0 aliphatic carbocycles. The van der Waals surface area contributed by atoms with Crippen molar-refractivity contribution in [2.75, 3.05) is 18.5 Å². The summed E-state index contributed by atoms with van der Waals surface area (Å²) in [5.74, 6) is 2.51. The number of benzene rings is 1. The van der Waals surface area contributed by atoms with Crippen molar-refractivity contribution in [2.24, 2.45) is 0 Å². The van der Waals surface area contributed by atoms with E-state index in [1.165, 1.54) is 19.3 Å². The maximum atomic E-state index is 5.90. The molecule has 2 aromatic rings. The SMILES string of the molecule is CCCCCCOc1ccc(CNc2ccccn2)cc1OCC. The standard InChI is InChI=1S/C20H28N2O2/c1-3-5-6-9-14-24-18-12-11-17(15-19(18)23-4-2)16-22-20-10-7-8-13-21-20/h7-8,10-13,15H,3-6,9,14,16H2,1-2H3,(H,21,22). The first kappa shape index (κ1) is 18.1. The van der Waals surface area contributed by atoms with Gasteiger partial charge in [-0.05, 0) is 43.2 Å². The molecule has 1 aromatic carbocycles. The molecule has 0 saturated heterocycles. The molecule has 0 saturated carbocycles. The van der Waals surface area contributed by atoms with Crippen LogP contribution in [-0.2, 0) is 6.54 Å². The Kier molecular flexibility index (Phi) is 7.94. The molecule has 0 bridgehead atoms. The van der Waals surface area contributed by atoms with Crippen LogP contribution in [0.1, 0.15) is 45.1 Å². The lowest BCUT2D eigenvalue weighted by Gasteiger charge is -2.14. The monoisotopic (exact) mass is 328 g/mol. The number of aromatic nitrogens is 1. The molecule has 1 aromatic heterocycles. The first-order valence-electron chi connectivity index (χ1n) is 8.87. The summed E-state index contributed by atoms with van der Waals surface area (Å²) in [6.45, 7) is 6.28. The van der Waals surface area contributed by atoms with Gasteiger partial charge in [-0.1, -0.05) is 38.3 Å². The molecule has 0 aliphatic rings. The Morgan fingerprint density at radius 3 is 2.62 bits per heavy atom. The Bertz CT molecular complexity index is 587. The number of ether oxygens (including phenoxy) is 2. The van der Waals surface area contributed by atoms with Gasteiger partial charge in [0.25, 0.3) is 0 Å². The molecule has 24 heavy (non-hydrogen) atoms. The maximum absolute atomic E-state index is 5.90. The number of nitrogens with one attached hydrogen (secondary N) is 1. The van der Waals surface area contributed by atoms with Crippen LogP contribution in [0.5, 0.6) is 11.5 Å². The molecule has 0 spiro atoms. The van der Waals surface area contributed by atoms with Gasteiger partial charge in [0.2, 0.25) is 0 Å². The van der Waals surface area contributed by atoms with E-state index in [-0.39, 0.29) is 0 Å². The van der Waals surface area contributed by atoms with E-state index >= 15 is 0 Å². The normalized spacial score (nSPS) is 10.4. The van der Waals surface area contributed by atoms with Gasteiger partial charge in [-0.3, -0.25) is 0 Å². The van der Waals surface area contributed by atoms with Crippen molar-refractivity contribution in [1.82, 2.24) is 4.98 Å². The van der Waals surface area contributed by atoms with Crippen molar-refractivity contribution >= 4 is 5.82 Å². The molecule has 1 N–H and O–H groups in total. The molecule has 1 heterocycles. The highest BCUT2D eigenvalue weighted by atomic mass is 16.5. The van der Waals surface area contributed by atoms with Gasteiger partial charge in [-0.2, -0.15) is 0 Å². The van der Waals surface area contributed by atoms with Crippen LogP contribution < -0.4 is 14.8 Å². The highest BCUT2D eigenvalue weighted by molar-refractivity contribution is 5.44. The van der Waals surface area contributed by atoms with E-state index in [4.69, 9.17) is 9.47 Å². The number of unbranched alkanes of at least 4 members (excludes halogenated alkanes) is 3. The minimum absolute atomic E-state index is 0.628. The van der Waals surface area contributed by atoms with Crippen molar-refractivity contribution in [2.45, 2.75) is 46.1 Å². The predicted octanol–water partition coefficient (Wildman–Crippen LogP) is 5.05. The number of hydrogen-bond acceptors (Lipinski definition) is 4. The lowest BCUT2D eigenvalue weighted by molar-refractivity contribution is 0.270. The Morgan fingerprint density at radius 2 is 1.88 bits per heavy atom. The van der Waals surface area contributed by atoms with Gasteiger partial charge in [0.05, 0.1) is 13.2 Å². The quantitative estimate of drug-likeness (QED) is 0.586. The van der Waals surface area contributed by atoms with Gasteiger partial charge in [-0.15, -0.1) is 0 Å². The number of pyridine rings is 1. The second-order valence-corrected chi connectivity index (χ2v) is 5.69. The van der Waals surface area contributed by atoms with E-state index in [0.717, 1.165) is 35.9 Å². The zero-order valence-corrected chi connectivity index (χ0v) is 14.8. The van der Waals surface area contributed by atoms with Gasteiger partial charge in [0.1, 0.15) is 5.82 Å². The molecular formula is C20H28N2O2. The van der Waals surface area contributed by atoms with Crippen LogP contribution in [-0.4, -0.2) is 18.2 Å². The molecule has 0 unspecified atom stereocenters. The number of anilines is 1. The second-order valence-electron chi connectivity index (χ2n) is 5.69. The highest BCUT2D eigenvalue weighted by Crippen LogP contribution is 2.29. The predicted molar refractivity (Wildman–Crippen MR) is 98.8 cm³/mol. The van der Waals surface area contributed by atoms with Crippen LogP contribution in [0.25, 0.3) is 0 Å². The zero-order valence-electron chi connectivity index (χ0n) is 14.8. The Hall–Kier alpha value is -2.23. The van der Waals surface area contributed by atoms with Crippen LogP contribution in [0.2, 0.25) is 0 Å². The Morgan fingerprint density at radius 1 is 0.958 bits per heavy atom. The summed E-state index contributed by atoms with van der Waals surface area (Å²) < 4.78 is 11.6. The van der Waals surface area contributed by atoms with Gasteiger partial charge < -0.3 is 14.8 Å². The average Bonchev–Trinajstić information content (AvgIpc) is 2.62. The summed E-state index contributed by atoms with van der Waals surface area (Å²) in [5, 5.41) is 3.31. The summed E-state index contributed by atoms with van der Waals surface area (Å²) in [5.41, 5.74) is 1.14. The third-order valence-electron chi connectivity index (χ3n) is 3.70. The molecule has 2 rings (SSSR count). The van der Waals surface area contributed by atoms with Gasteiger partial charge >= 0.3 is 0 Å². The molecule has 0 atom stereocenters. The number of nitrogens with zero attached hydrogens (tertiary/aromatic N) is 1. The third-order valence-corrected chi connectivity index (χ3v) is 3.70. The van der Waals surface area contributed by atoms with Crippen molar-refractivity contribution in [3.05, 3.63) is 48.2 Å². The average molecular weight is 328 g/mol. The van der Waals surface area contributed by atoms with E-state index in [1.54, 1.807) is 6.20 Å². The maximum Gasteiger partial charge on any atom is 0.161 e. The van der Waals surface area contributed by atoms with Crippen molar-refractivity contribution < 1.29 is 9.47 Å². The summed E-state index contributed by atoms with van der Waals surface area (Å²) in [7, 11) is 0. The second kappa shape index (κ2) is 10.5.